The van der Waals surface area contributed by atoms with Gasteiger partial charge in [-0.3, -0.25) is 4.79 Å². The number of amides is 1. The van der Waals surface area contributed by atoms with Gasteiger partial charge in [-0.25, -0.2) is 4.99 Å². The fourth-order valence-corrected chi connectivity index (χ4v) is 2.45. The second kappa shape index (κ2) is 4.80. The summed E-state index contributed by atoms with van der Waals surface area (Å²) in [5.41, 5.74) is 0.845. The van der Waals surface area contributed by atoms with Crippen LogP contribution in [0, 0.1) is 11.3 Å². The predicted molar refractivity (Wildman–Crippen MR) is 66.5 cm³/mol. The number of hydrogen-bond donors (Lipinski definition) is 1. The van der Waals surface area contributed by atoms with Crippen molar-refractivity contribution in [2.75, 3.05) is 0 Å². The number of carbonyl (C=O) groups is 1. The van der Waals surface area contributed by atoms with Gasteiger partial charge in [-0.05, 0) is 5.56 Å². The van der Waals surface area contributed by atoms with Crippen LogP contribution in [-0.4, -0.2) is 16.7 Å². The number of carbonyl (C=O) groups excluding carboxylic acids is 1. The number of nitriles is 1. The van der Waals surface area contributed by atoms with Gasteiger partial charge in [0.15, 0.2) is 5.71 Å². The van der Waals surface area contributed by atoms with Gasteiger partial charge in [0, 0.05) is 0 Å². The molecule has 6 heteroatoms. The van der Waals surface area contributed by atoms with Gasteiger partial charge in [-0.1, -0.05) is 42.1 Å². The van der Waals surface area contributed by atoms with Crippen molar-refractivity contribution in [2.24, 2.45) is 15.9 Å². The molecule has 1 atom stereocenters. The summed E-state index contributed by atoms with van der Waals surface area (Å²) in [6, 6.07) is 11.1. The Hall–Kier alpha value is -2.13. The summed E-state index contributed by atoms with van der Waals surface area (Å²) in [4.78, 5) is 15.5. The molecule has 1 aliphatic heterocycles. The third-order valence-electron chi connectivity index (χ3n) is 2.21. The van der Waals surface area contributed by atoms with Crippen LogP contribution in [0.2, 0.25) is 0 Å². The number of thioether (sulfide) groups is 1. The van der Waals surface area contributed by atoms with E-state index in [2.05, 4.69) is 10.1 Å². The number of nitrogens with zero attached hydrogens (tertiary/aromatic N) is 3. The van der Waals surface area contributed by atoms with Gasteiger partial charge < -0.3 is 5.84 Å². The van der Waals surface area contributed by atoms with Crippen LogP contribution >= 0.6 is 11.8 Å². The van der Waals surface area contributed by atoms with Crippen molar-refractivity contribution in [3.63, 3.8) is 0 Å². The zero-order valence-electron chi connectivity index (χ0n) is 8.70. The van der Waals surface area contributed by atoms with Gasteiger partial charge in [-0.2, -0.15) is 10.4 Å². The summed E-state index contributed by atoms with van der Waals surface area (Å²) >= 11 is 1.20. The third kappa shape index (κ3) is 2.19. The van der Waals surface area contributed by atoms with Crippen molar-refractivity contribution in [3.8, 4) is 6.07 Å². The normalized spacial score (nSPS) is 19.9. The minimum absolute atomic E-state index is 0.0122. The standard InChI is InChI=1S/C11H8N4OS/c12-6-8(15-13)11-14-10(16)9(17-11)7-4-2-1-3-5-7/h1-5,9H,13H2. The second-order valence-electron chi connectivity index (χ2n) is 3.25. The molecule has 84 valence electrons. The number of hydrogen-bond acceptors (Lipinski definition) is 5. The van der Waals surface area contributed by atoms with Crippen molar-refractivity contribution in [3.05, 3.63) is 35.9 Å². The summed E-state index contributed by atoms with van der Waals surface area (Å²) in [6.45, 7) is 0. The van der Waals surface area contributed by atoms with Crippen LogP contribution in [0.3, 0.4) is 0 Å². The van der Waals surface area contributed by atoms with Gasteiger partial charge in [0.05, 0.1) is 0 Å². The SMILES string of the molecule is N#CC(=NN)C1=NC(=O)C(c2ccccc2)S1. The van der Waals surface area contributed by atoms with Crippen molar-refractivity contribution < 1.29 is 4.79 Å². The van der Waals surface area contributed by atoms with Gasteiger partial charge >= 0.3 is 0 Å². The first-order valence-corrected chi connectivity index (χ1v) is 5.66. The van der Waals surface area contributed by atoms with E-state index in [0.29, 0.717) is 0 Å². The molecular formula is C11H8N4OS. The fourth-order valence-electron chi connectivity index (χ4n) is 1.43. The topological polar surface area (TPSA) is 91.6 Å². The number of hydrazone groups is 1. The van der Waals surface area contributed by atoms with E-state index in [4.69, 9.17) is 11.1 Å². The van der Waals surface area contributed by atoms with Crippen LogP contribution in [0.25, 0.3) is 0 Å². The molecule has 0 saturated carbocycles. The van der Waals surface area contributed by atoms with Crippen LogP contribution in [0.15, 0.2) is 40.4 Å². The third-order valence-corrected chi connectivity index (χ3v) is 3.42. The van der Waals surface area contributed by atoms with E-state index in [1.54, 1.807) is 0 Å². The molecule has 2 N–H and O–H groups in total. The molecule has 1 aromatic rings. The molecule has 0 bridgehead atoms. The average Bonchev–Trinajstić information content (AvgIpc) is 2.74. The number of nitrogens with two attached hydrogens (primary N) is 1. The Morgan fingerprint density at radius 3 is 2.76 bits per heavy atom. The summed E-state index contributed by atoms with van der Waals surface area (Å²) in [5.74, 6) is 4.77. The minimum Gasteiger partial charge on any atom is -0.322 e. The van der Waals surface area contributed by atoms with E-state index >= 15 is 0 Å². The maximum atomic E-state index is 11.7. The first-order chi connectivity index (χ1) is 8.26. The molecule has 1 heterocycles. The van der Waals surface area contributed by atoms with E-state index in [0.717, 1.165) is 5.56 Å². The Kier molecular flexibility index (Phi) is 3.21. The van der Waals surface area contributed by atoms with Crippen LogP contribution in [0.1, 0.15) is 10.8 Å². The van der Waals surface area contributed by atoms with E-state index < -0.39 is 5.25 Å². The monoisotopic (exact) mass is 244 g/mol. The summed E-state index contributed by atoms with van der Waals surface area (Å²) in [5, 5.41) is 11.9. The summed E-state index contributed by atoms with van der Waals surface area (Å²) < 4.78 is 0. The average molecular weight is 244 g/mol. The molecule has 0 spiro atoms. The van der Waals surface area contributed by atoms with Gasteiger partial charge in [0.2, 0.25) is 0 Å². The lowest BCUT2D eigenvalue weighted by molar-refractivity contribution is -0.117. The highest BCUT2D eigenvalue weighted by molar-refractivity contribution is 8.17. The molecule has 0 fully saturated rings. The van der Waals surface area contributed by atoms with Crippen LogP contribution in [-0.2, 0) is 4.79 Å². The first kappa shape index (κ1) is 11.4. The van der Waals surface area contributed by atoms with Crippen LogP contribution < -0.4 is 5.84 Å². The van der Waals surface area contributed by atoms with Crippen molar-refractivity contribution >= 4 is 28.4 Å². The van der Waals surface area contributed by atoms with E-state index in [1.807, 2.05) is 36.4 Å². The molecule has 17 heavy (non-hydrogen) atoms. The highest BCUT2D eigenvalue weighted by Gasteiger charge is 2.32. The highest BCUT2D eigenvalue weighted by atomic mass is 32.2. The summed E-state index contributed by atoms with van der Waals surface area (Å²) in [7, 11) is 0. The second-order valence-corrected chi connectivity index (χ2v) is 4.35. The van der Waals surface area contributed by atoms with Gasteiger partial charge in [-0.15, -0.1) is 0 Å². The van der Waals surface area contributed by atoms with E-state index in [9.17, 15) is 4.79 Å². The molecule has 1 aliphatic rings. The lowest BCUT2D eigenvalue weighted by Gasteiger charge is -2.05. The smallest absolute Gasteiger partial charge is 0.264 e. The highest BCUT2D eigenvalue weighted by Crippen LogP contribution is 2.36. The Morgan fingerprint density at radius 2 is 2.18 bits per heavy atom. The Balaban J connectivity index is 2.25. The lowest BCUT2D eigenvalue weighted by atomic mass is 10.1. The molecule has 1 unspecified atom stereocenters. The van der Waals surface area contributed by atoms with Crippen molar-refractivity contribution in [1.29, 1.82) is 5.26 Å². The van der Waals surface area contributed by atoms with Crippen molar-refractivity contribution in [1.82, 2.24) is 0 Å². The number of benzene rings is 1. The quantitative estimate of drug-likeness (QED) is 0.481. The maximum absolute atomic E-state index is 11.7. The van der Waals surface area contributed by atoms with Crippen molar-refractivity contribution in [2.45, 2.75) is 5.25 Å². The largest absolute Gasteiger partial charge is 0.322 e. The minimum atomic E-state index is -0.406. The zero-order chi connectivity index (χ0) is 12.3. The lowest BCUT2D eigenvalue weighted by Crippen LogP contribution is -2.08. The fraction of sp³-hybridized carbons (Fsp3) is 0.0909. The molecular weight excluding hydrogens is 236 g/mol. The first-order valence-electron chi connectivity index (χ1n) is 4.78. The molecule has 5 nitrogen and oxygen atoms in total. The molecule has 1 aromatic carbocycles. The number of aliphatic imine (C=N–C) groups is 1. The summed E-state index contributed by atoms with van der Waals surface area (Å²) in [6.07, 6.45) is 0. The van der Waals surface area contributed by atoms with Crippen LogP contribution in [0.5, 0.6) is 0 Å². The predicted octanol–water partition coefficient (Wildman–Crippen LogP) is 1.24. The molecule has 0 radical (unpaired) electrons. The number of rotatable bonds is 2. The molecule has 0 aliphatic carbocycles. The Bertz CT molecular complexity index is 544. The van der Waals surface area contributed by atoms with E-state index in [1.165, 1.54) is 11.8 Å². The van der Waals surface area contributed by atoms with Gasteiger partial charge in [0.1, 0.15) is 16.4 Å². The molecule has 0 aromatic heterocycles. The molecule has 2 rings (SSSR count). The molecule has 0 saturated heterocycles. The van der Waals surface area contributed by atoms with Gasteiger partial charge in [0.25, 0.3) is 5.91 Å². The maximum Gasteiger partial charge on any atom is 0.264 e. The van der Waals surface area contributed by atoms with E-state index in [-0.39, 0.29) is 16.7 Å². The van der Waals surface area contributed by atoms with Crippen LogP contribution in [0.4, 0.5) is 0 Å². The zero-order valence-corrected chi connectivity index (χ0v) is 9.52. The Morgan fingerprint density at radius 1 is 1.47 bits per heavy atom. The molecule has 1 amide bonds. The Labute approximate surface area is 102 Å².